The normalized spacial score (nSPS) is 11.6. The molecular weight excluding hydrogens is 574 g/mol. The lowest BCUT2D eigenvalue weighted by atomic mass is 10.2. The van der Waals surface area contributed by atoms with Gasteiger partial charge in [-0.2, -0.15) is 11.8 Å². The average molecular weight is 606 g/mol. The maximum Gasteiger partial charge on any atom is 0.325 e. The van der Waals surface area contributed by atoms with E-state index in [1.165, 1.54) is 18.0 Å². The minimum atomic E-state index is -0.945. The number of thioether (sulfide) groups is 1. The lowest BCUT2D eigenvalue weighted by Crippen LogP contribution is -2.51. The van der Waals surface area contributed by atoms with Gasteiger partial charge < -0.3 is 31.3 Å². The third kappa shape index (κ3) is 12.3. The van der Waals surface area contributed by atoms with E-state index in [9.17, 15) is 24.0 Å². The summed E-state index contributed by atoms with van der Waals surface area (Å²) in [6.07, 6.45) is 3.30. The van der Waals surface area contributed by atoms with Gasteiger partial charge in [0.05, 0.1) is 13.2 Å². The van der Waals surface area contributed by atoms with E-state index in [-0.39, 0.29) is 36.4 Å². The fourth-order valence-corrected chi connectivity index (χ4v) is 3.88. The van der Waals surface area contributed by atoms with Crippen molar-refractivity contribution >= 4 is 58.9 Å². The van der Waals surface area contributed by atoms with Crippen molar-refractivity contribution in [1.82, 2.24) is 31.2 Å². The summed E-state index contributed by atoms with van der Waals surface area (Å²) in [6.45, 7) is 2.67. The Bertz CT molecular complexity index is 1240. The number of carbonyl (C=O) groups excluding carboxylic acids is 5. The maximum absolute atomic E-state index is 13.0. The topological polar surface area (TPSA) is 181 Å². The number of nitrogens with zero attached hydrogens (tertiary/aromatic N) is 2. The monoisotopic (exact) mass is 605 g/mol. The van der Waals surface area contributed by atoms with Gasteiger partial charge in [0.15, 0.2) is 0 Å². The second-order valence-corrected chi connectivity index (χ2v) is 9.66. The number of halogens is 1. The van der Waals surface area contributed by atoms with Gasteiger partial charge in [-0.15, -0.1) is 0 Å². The molecule has 0 aliphatic carbocycles. The molecule has 0 aliphatic rings. The molecule has 220 valence electrons. The molecule has 15 heteroatoms. The van der Waals surface area contributed by atoms with Crippen molar-refractivity contribution < 1.29 is 28.7 Å². The predicted molar refractivity (Wildman–Crippen MR) is 155 cm³/mol. The number of amides is 4. The van der Waals surface area contributed by atoms with E-state index in [2.05, 4.69) is 36.6 Å². The van der Waals surface area contributed by atoms with Crippen LogP contribution in [-0.2, 0) is 23.9 Å². The Kier molecular flexibility index (Phi) is 14.1. The van der Waals surface area contributed by atoms with Crippen LogP contribution >= 0.6 is 23.4 Å². The number of ether oxygens (including phenoxy) is 1. The van der Waals surface area contributed by atoms with Crippen LogP contribution in [0.15, 0.2) is 48.3 Å². The number of hydrogen-bond acceptors (Lipinski definition) is 10. The summed E-state index contributed by atoms with van der Waals surface area (Å²) in [5.74, 6) is -2.57. The minimum absolute atomic E-state index is 0.0810. The highest BCUT2D eigenvalue weighted by atomic mass is 35.5. The first-order valence-corrected chi connectivity index (χ1v) is 14.2. The SMILES string of the molecule is CCOC(=O)CNC(=O)[C@H](CCSC)NC(=O)CNC(=O)/C(=C\Nc1nc(C)cc(Cl)n1)NC(=O)c1ccccc1. The molecule has 1 aromatic carbocycles. The third-order valence-corrected chi connectivity index (χ3v) is 5.92. The second kappa shape index (κ2) is 17.5. The van der Waals surface area contributed by atoms with Crippen molar-refractivity contribution in [1.29, 1.82) is 0 Å². The molecular formula is C26H32ClN7O6S. The Hall–Kier alpha value is -4.17. The number of esters is 1. The van der Waals surface area contributed by atoms with Gasteiger partial charge in [-0.1, -0.05) is 29.8 Å². The zero-order valence-electron chi connectivity index (χ0n) is 22.8. The number of nitrogens with one attached hydrogen (secondary N) is 5. The number of benzene rings is 1. The number of aryl methyl sites for hydroxylation is 1. The molecule has 0 aliphatic heterocycles. The minimum Gasteiger partial charge on any atom is -0.465 e. The summed E-state index contributed by atoms with van der Waals surface area (Å²) < 4.78 is 4.79. The molecule has 0 radical (unpaired) electrons. The van der Waals surface area contributed by atoms with Gasteiger partial charge in [-0.25, -0.2) is 9.97 Å². The van der Waals surface area contributed by atoms with Crippen LogP contribution in [0.25, 0.3) is 0 Å². The van der Waals surface area contributed by atoms with Gasteiger partial charge in [-0.05, 0) is 50.5 Å². The Morgan fingerprint density at radius 3 is 2.46 bits per heavy atom. The Morgan fingerprint density at radius 1 is 1.07 bits per heavy atom. The number of anilines is 1. The molecule has 4 amide bonds. The fraction of sp³-hybridized carbons (Fsp3) is 0.346. The van der Waals surface area contributed by atoms with Crippen molar-refractivity contribution in [2.75, 3.05) is 37.0 Å². The maximum atomic E-state index is 13.0. The van der Waals surface area contributed by atoms with Crippen LogP contribution in [-0.4, -0.2) is 77.3 Å². The van der Waals surface area contributed by atoms with E-state index in [0.717, 1.165) is 0 Å². The smallest absolute Gasteiger partial charge is 0.325 e. The Morgan fingerprint density at radius 2 is 1.80 bits per heavy atom. The van der Waals surface area contributed by atoms with Crippen LogP contribution in [0.4, 0.5) is 5.95 Å². The summed E-state index contributed by atoms with van der Waals surface area (Å²) >= 11 is 7.44. The highest BCUT2D eigenvalue weighted by molar-refractivity contribution is 7.98. The number of carbonyl (C=O) groups is 5. The van der Waals surface area contributed by atoms with Gasteiger partial charge in [-0.3, -0.25) is 24.0 Å². The lowest BCUT2D eigenvalue weighted by molar-refractivity contribution is -0.143. The standard InChI is InChI=1S/C26H32ClN7O6S/c1-4-40-22(36)15-29-24(38)18(10-11-41-3)32-21(35)14-28-25(39)19(33-23(37)17-8-6-5-7-9-17)13-30-26-31-16(2)12-20(27)34-26/h5-9,12-13,18H,4,10-11,14-15H2,1-3H3,(H,28,39)(H,29,38)(H,32,35)(H,33,37)(H,30,31,34)/b19-13+/t18-/m0/s1. The predicted octanol–water partition coefficient (Wildman–Crippen LogP) is 1.16. The third-order valence-electron chi connectivity index (χ3n) is 5.08. The summed E-state index contributed by atoms with van der Waals surface area (Å²) in [6, 6.07) is 8.80. The first-order valence-electron chi connectivity index (χ1n) is 12.5. The zero-order chi connectivity index (χ0) is 30.2. The van der Waals surface area contributed by atoms with Crippen molar-refractivity contribution in [3.8, 4) is 0 Å². The van der Waals surface area contributed by atoms with Gasteiger partial charge in [0.25, 0.3) is 11.8 Å². The largest absolute Gasteiger partial charge is 0.465 e. The fourth-order valence-electron chi connectivity index (χ4n) is 3.17. The second-order valence-electron chi connectivity index (χ2n) is 8.29. The highest BCUT2D eigenvalue weighted by Crippen LogP contribution is 2.10. The highest BCUT2D eigenvalue weighted by Gasteiger charge is 2.22. The number of aromatic nitrogens is 2. The molecule has 0 saturated heterocycles. The van der Waals surface area contributed by atoms with E-state index < -0.39 is 42.2 Å². The molecule has 5 N–H and O–H groups in total. The van der Waals surface area contributed by atoms with Crippen molar-refractivity contribution in [3.05, 3.63) is 64.7 Å². The molecule has 1 aromatic heterocycles. The van der Waals surface area contributed by atoms with Crippen molar-refractivity contribution in [2.24, 2.45) is 0 Å². The molecule has 0 fully saturated rings. The van der Waals surface area contributed by atoms with Crippen molar-refractivity contribution in [3.63, 3.8) is 0 Å². The van der Waals surface area contributed by atoms with Gasteiger partial charge in [0, 0.05) is 17.5 Å². The van der Waals surface area contributed by atoms with Crippen LogP contribution in [0.2, 0.25) is 5.15 Å². The van der Waals surface area contributed by atoms with Crippen LogP contribution in [0.1, 0.15) is 29.4 Å². The molecule has 0 spiro atoms. The van der Waals surface area contributed by atoms with Crippen LogP contribution in [0.5, 0.6) is 0 Å². The van der Waals surface area contributed by atoms with Crippen LogP contribution in [0.3, 0.4) is 0 Å². The number of hydrogen-bond donors (Lipinski definition) is 5. The quantitative estimate of drug-likeness (QED) is 0.112. The van der Waals surface area contributed by atoms with Crippen LogP contribution in [0, 0.1) is 6.92 Å². The van der Waals surface area contributed by atoms with E-state index >= 15 is 0 Å². The molecule has 1 heterocycles. The molecule has 41 heavy (non-hydrogen) atoms. The summed E-state index contributed by atoms with van der Waals surface area (Å²) in [5, 5.41) is 12.8. The van der Waals surface area contributed by atoms with E-state index in [4.69, 9.17) is 16.3 Å². The zero-order valence-corrected chi connectivity index (χ0v) is 24.4. The molecule has 0 bridgehead atoms. The number of rotatable bonds is 15. The van der Waals surface area contributed by atoms with Crippen LogP contribution < -0.4 is 26.6 Å². The van der Waals surface area contributed by atoms with E-state index in [0.29, 0.717) is 17.0 Å². The molecule has 0 saturated carbocycles. The summed E-state index contributed by atoms with van der Waals surface area (Å²) in [4.78, 5) is 70.6. The van der Waals surface area contributed by atoms with Gasteiger partial charge >= 0.3 is 5.97 Å². The van der Waals surface area contributed by atoms with Crippen molar-refractivity contribution in [2.45, 2.75) is 26.3 Å². The first-order chi connectivity index (χ1) is 19.6. The van der Waals surface area contributed by atoms with E-state index in [1.807, 2.05) is 6.26 Å². The molecule has 0 unspecified atom stereocenters. The first kappa shape index (κ1) is 33.0. The van der Waals surface area contributed by atoms with E-state index in [1.54, 1.807) is 50.2 Å². The molecule has 13 nitrogen and oxygen atoms in total. The summed E-state index contributed by atoms with van der Waals surface area (Å²) in [7, 11) is 0. The lowest BCUT2D eigenvalue weighted by Gasteiger charge is -2.18. The van der Waals surface area contributed by atoms with Gasteiger partial charge in [0.1, 0.15) is 23.4 Å². The Balaban J connectivity index is 2.09. The average Bonchev–Trinajstić information content (AvgIpc) is 2.94. The summed E-state index contributed by atoms with van der Waals surface area (Å²) in [5.41, 5.74) is 0.627. The Labute approximate surface area is 246 Å². The molecule has 2 aromatic rings. The van der Waals surface area contributed by atoms with Gasteiger partial charge in [0.2, 0.25) is 17.8 Å². The molecule has 1 atom stereocenters. The molecule has 2 rings (SSSR count).